The van der Waals surface area contributed by atoms with E-state index in [4.69, 9.17) is 5.26 Å². The first-order valence-corrected chi connectivity index (χ1v) is 7.10. The van der Waals surface area contributed by atoms with E-state index in [-0.39, 0.29) is 5.92 Å². The highest BCUT2D eigenvalue weighted by Crippen LogP contribution is 2.25. The van der Waals surface area contributed by atoms with E-state index in [1.165, 1.54) is 4.90 Å². The van der Waals surface area contributed by atoms with Crippen molar-refractivity contribution in [2.24, 2.45) is 13.0 Å². The number of aromatic nitrogens is 1. The Kier molecular flexibility index (Phi) is 4.52. The van der Waals surface area contributed by atoms with Crippen LogP contribution in [-0.2, 0) is 7.05 Å². The van der Waals surface area contributed by atoms with Crippen molar-refractivity contribution in [1.29, 1.82) is 5.26 Å². The van der Waals surface area contributed by atoms with Crippen LogP contribution in [0.2, 0.25) is 0 Å². The van der Waals surface area contributed by atoms with Crippen LogP contribution < -0.4 is 4.90 Å². The van der Waals surface area contributed by atoms with E-state index in [0.717, 1.165) is 11.3 Å². The summed E-state index contributed by atoms with van der Waals surface area (Å²) in [5.41, 5.74) is 3.11. The van der Waals surface area contributed by atoms with Crippen molar-refractivity contribution in [3.05, 3.63) is 42.1 Å². The Hall–Kier alpha value is -2.74. The zero-order chi connectivity index (χ0) is 16.3. The second-order valence-corrected chi connectivity index (χ2v) is 5.61. The maximum Gasteiger partial charge on any atom is 0.411 e. The maximum atomic E-state index is 11.4. The van der Waals surface area contributed by atoms with Gasteiger partial charge in [-0.1, -0.05) is 26.0 Å². The molecule has 1 aromatic carbocycles. The molecule has 114 valence electrons. The summed E-state index contributed by atoms with van der Waals surface area (Å²) in [7, 11) is 1.84. The Labute approximate surface area is 130 Å². The van der Waals surface area contributed by atoms with Crippen LogP contribution in [0.4, 0.5) is 10.5 Å². The number of anilines is 1. The minimum absolute atomic E-state index is 0.252. The Morgan fingerprint density at radius 3 is 2.36 bits per heavy atom. The van der Waals surface area contributed by atoms with Gasteiger partial charge < -0.3 is 9.67 Å². The average Bonchev–Trinajstić information content (AvgIpc) is 2.85. The number of nitrogens with zero attached hydrogens (tertiary/aromatic N) is 3. The largest absolute Gasteiger partial charge is 0.465 e. The Bertz CT molecular complexity index is 708. The Morgan fingerprint density at radius 2 is 1.91 bits per heavy atom. The van der Waals surface area contributed by atoms with Gasteiger partial charge >= 0.3 is 6.09 Å². The average molecular weight is 297 g/mol. The lowest BCUT2D eigenvalue weighted by molar-refractivity contribution is 0.201. The van der Waals surface area contributed by atoms with Crippen LogP contribution in [0.1, 0.15) is 19.5 Å². The van der Waals surface area contributed by atoms with Gasteiger partial charge in [-0.05, 0) is 35.7 Å². The number of carboxylic acid groups (broad SMARTS) is 1. The van der Waals surface area contributed by atoms with Crippen LogP contribution in [0.15, 0.2) is 36.4 Å². The van der Waals surface area contributed by atoms with Gasteiger partial charge in [0.25, 0.3) is 0 Å². The molecule has 1 heterocycles. The molecule has 5 nitrogen and oxygen atoms in total. The molecular weight excluding hydrogens is 278 g/mol. The summed E-state index contributed by atoms with van der Waals surface area (Å²) in [6.07, 6.45) is -0.952. The molecule has 0 aliphatic carbocycles. The molecule has 0 saturated carbocycles. The van der Waals surface area contributed by atoms with Crippen molar-refractivity contribution < 1.29 is 9.90 Å². The molecule has 0 fully saturated rings. The van der Waals surface area contributed by atoms with Gasteiger partial charge in [0, 0.05) is 25.0 Å². The highest BCUT2D eigenvalue weighted by molar-refractivity contribution is 5.86. The van der Waals surface area contributed by atoms with E-state index < -0.39 is 6.09 Å². The standard InChI is InChI=1S/C17H19N3O2/c1-12(2)11-20(17(21)22)14-6-4-13(5-7-14)16-9-8-15(10-18)19(16)3/h4-9,12H,11H2,1-3H3,(H,21,22). The second kappa shape index (κ2) is 6.35. The highest BCUT2D eigenvalue weighted by atomic mass is 16.4. The number of hydrogen-bond donors (Lipinski definition) is 1. The van der Waals surface area contributed by atoms with Gasteiger partial charge in [-0.2, -0.15) is 5.26 Å². The number of hydrogen-bond acceptors (Lipinski definition) is 2. The van der Waals surface area contributed by atoms with E-state index in [0.29, 0.717) is 17.9 Å². The van der Waals surface area contributed by atoms with Crippen LogP contribution >= 0.6 is 0 Å². The fourth-order valence-electron chi connectivity index (χ4n) is 2.38. The smallest absolute Gasteiger partial charge is 0.411 e. The number of benzene rings is 1. The fourth-order valence-corrected chi connectivity index (χ4v) is 2.38. The normalized spacial score (nSPS) is 10.5. The second-order valence-electron chi connectivity index (χ2n) is 5.61. The van der Waals surface area contributed by atoms with E-state index in [1.807, 2.05) is 43.7 Å². The summed E-state index contributed by atoms with van der Waals surface area (Å²) in [6.45, 7) is 4.42. The summed E-state index contributed by atoms with van der Waals surface area (Å²) in [6, 6.07) is 13.1. The Morgan fingerprint density at radius 1 is 1.27 bits per heavy atom. The van der Waals surface area contributed by atoms with Gasteiger partial charge in [-0.3, -0.25) is 4.90 Å². The van der Waals surface area contributed by atoms with Crippen molar-refractivity contribution >= 4 is 11.8 Å². The van der Waals surface area contributed by atoms with Crippen LogP contribution in [-0.4, -0.2) is 22.3 Å². The van der Waals surface area contributed by atoms with Crippen LogP contribution in [0.25, 0.3) is 11.3 Å². The van der Waals surface area contributed by atoms with Gasteiger partial charge in [0.2, 0.25) is 0 Å². The molecule has 0 bridgehead atoms. The molecule has 0 radical (unpaired) electrons. The third-order valence-electron chi connectivity index (χ3n) is 3.49. The molecule has 22 heavy (non-hydrogen) atoms. The lowest BCUT2D eigenvalue weighted by Crippen LogP contribution is -2.32. The Balaban J connectivity index is 2.31. The zero-order valence-corrected chi connectivity index (χ0v) is 12.9. The molecule has 1 amide bonds. The first-order chi connectivity index (χ1) is 10.4. The van der Waals surface area contributed by atoms with Crippen LogP contribution in [0.3, 0.4) is 0 Å². The molecule has 0 aliphatic heterocycles. The minimum atomic E-state index is -0.952. The molecule has 2 rings (SSSR count). The van der Waals surface area contributed by atoms with Gasteiger partial charge in [0.15, 0.2) is 0 Å². The molecule has 2 aromatic rings. The molecule has 0 aliphatic rings. The quantitative estimate of drug-likeness (QED) is 0.935. The molecule has 0 atom stereocenters. The summed E-state index contributed by atoms with van der Waals surface area (Å²) in [5.74, 6) is 0.252. The minimum Gasteiger partial charge on any atom is -0.465 e. The summed E-state index contributed by atoms with van der Waals surface area (Å²) >= 11 is 0. The zero-order valence-electron chi connectivity index (χ0n) is 12.9. The first-order valence-electron chi connectivity index (χ1n) is 7.10. The first kappa shape index (κ1) is 15.6. The third kappa shape index (κ3) is 3.12. The molecule has 0 saturated heterocycles. The lowest BCUT2D eigenvalue weighted by Gasteiger charge is -2.21. The summed E-state index contributed by atoms with van der Waals surface area (Å²) < 4.78 is 1.82. The topological polar surface area (TPSA) is 69.3 Å². The molecule has 5 heteroatoms. The van der Waals surface area contributed by atoms with Crippen LogP contribution in [0, 0.1) is 17.2 Å². The predicted octanol–water partition coefficient (Wildman–Crippen LogP) is 3.70. The number of carbonyl (C=O) groups is 1. The summed E-state index contributed by atoms with van der Waals surface area (Å²) in [4.78, 5) is 12.7. The molecule has 0 unspecified atom stereocenters. The molecular formula is C17H19N3O2. The van der Waals surface area contributed by atoms with Crippen molar-refractivity contribution in [2.45, 2.75) is 13.8 Å². The fraction of sp³-hybridized carbons (Fsp3) is 0.294. The highest BCUT2D eigenvalue weighted by Gasteiger charge is 2.16. The molecule has 1 N–H and O–H groups in total. The van der Waals surface area contributed by atoms with Gasteiger partial charge in [-0.25, -0.2) is 4.79 Å². The number of rotatable bonds is 4. The van der Waals surface area contributed by atoms with Crippen LogP contribution in [0.5, 0.6) is 0 Å². The SMILES string of the molecule is CC(C)CN(C(=O)O)c1ccc(-c2ccc(C#N)n2C)cc1. The van der Waals surface area contributed by atoms with Gasteiger partial charge in [-0.15, -0.1) is 0 Å². The molecule has 0 spiro atoms. The van der Waals surface area contributed by atoms with Gasteiger partial charge in [0.1, 0.15) is 11.8 Å². The van der Waals surface area contributed by atoms with Gasteiger partial charge in [0.05, 0.1) is 0 Å². The monoisotopic (exact) mass is 297 g/mol. The van der Waals surface area contributed by atoms with Crippen molar-refractivity contribution in [1.82, 2.24) is 4.57 Å². The third-order valence-corrected chi connectivity index (χ3v) is 3.49. The lowest BCUT2D eigenvalue weighted by atomic mass is 10.1. The number of nitriles is 1. The summed E-state index contributed by atoms with van der Waals surface area (Å²) in [5, 5.41) is 18.3. The van der Waals surface area contributed by atoms with E-state index in [2.05, 4.69) is 6.07 Å². The molecule has 1 aromatic heterocycles. The van der Waals surface area contributed by atoms with E-state index in [1.54, 1.807) is 18.2 Å². The number of amides is 1. The van der Waals surface area contributed by atoms with Crippen molar-refractivity contribution in [2.75, 3.05) is 11.4 Å². The van der Waals surface area contributed by atoms with E-state index in [9.17, 15) is 9.90 Å². The van der Waals surface area contributed by atoms with Crippen molar-refractivity contribution in [3.63, 3.8) is 0 Å². The maximum absolute atomic E-state index is 11.4. The van der Waals surface area contributed by atoms with E-state index >= 15 is 0 Å². The van der Waals surface area contributed by atoms with Crippen molar-refractivity contribution in [3.8, 4) is 17.3 Å². The predicted molar refractivity (Wildman–Crippen MR) is 85.8 cm³/mol.